The van der Waals surface area contributed by atoms with E-state index in [0.29, 0.717) is 6.61 Å². The van der Waals surface area contributed by atoms with Crippen molar-refractivity contribution < 1.29 is 14.3 Å². The second-order valence-corrected chi connectivity index (χ2v) is 8.27. The summed E-state index contributed by atoms with van der Waals surface area (Å²) in [5, 5.41) is 5.80. The number of morpholine rings is 1. The lowest BCUT2D eigenvalue weighted by Crippen LogP contribution is -2.35. The number of carbonyl (C=O) groups is 1. The highest BCUT2D eigenvalue weighted by Gasteiger charge is 2.12. The van der Waals surface area contributed by atoms with E-state index in [4.69, 9.17) is 9.47 Å². The number of hydrogen-bond acceptors (Lipinski definition) is 6. The lowest BCUT2D eigenvalue weighted by molar-refractivity contribution is -0.115. The molecular formula is C24H27N3O3S. The first kappa shape index (κ1) is 21.5. The van der Waals surface area contributed by atoms with E-state index in [-0.39, 0.29) is 12.3 Å². The minimum Gasteiger partial charge on any atom is -0.494 e. The van der Waals surface area contributed by atoms with Gasteiger partial charge in [0, 0.05) is 36.3 Å². The largest absolute Gasteiger partial charge is 0.494 e. The third-order valence-corrected chi connectivity index (χ3v) is 5.99. The highest BCUT2D eigenvalue weighted by molar-refractivity contribution is 7.13. The maximum Gasteiger partial charge on any atom is 0.230 e. The number of hydrogen-bond donors (Lipinski definition) is 1. The van der Waals surface area contributed by atoms with Crippen LogP contribution in [0.3, 0.4) is 0 Å². The standard InChI is InChI=1S/C24H27N3O3S/c1-2-30-22-9-7-20(8-10-22)25-23(28)15-21-17-31-24(26-21)19-5-3-18(4-6-19)16-27-11-13-29-14-12-27/h3-10,17H,2,11-16H2,1H3,(H,25,28). The number of nitrogens with zero attached hydrogens (tertiary/aromatic N) is 2. The van der Waals surface area contributed by atoms with Crippen LogP contribution in [0.2, 0.25) is 0 Å². The van der Waals surface area contributed by atoms with E-state index in [2.05, 4.69) is 39.5 Å². The van der Waals surface area contributed by atoms with Gasteiger partial charge in [0.15, 0.2) is 0 Å². The lowest BCUT2D eigenvalue weighted by Gasteiger charge is -2.26. The van der Waals surface area contributed by atoms with Crippen LogP contribution in [0.1, 0.15) is 18.2 Å². The minimum atomic E-state index is -0.0816. The number of nitrogens with one attached hydrogen (secondary N) is 1. The maximum absolute atomic E-state index is 12.4. The molecule has 1 fully saturated rings. The van der Waals surface area contributed by atoms with Crippen LogP contribution >= 0.6 is 11.3 Å². The van der Waals surface area contributed by atoms with Crippen molar-refractivity contribution in [2.45, 2.75) is 19.9 Å². The molecule has 1 aromatic heterocycles. The molecule has 4 rings (SSSR count). The topological polar surface area (TPSA) is 63.7 Å². The average Bonchev–Trinajstić information content (AvgIpc) is 3.25. The number of rotatable bonds is 8. The van der Waals surface area contributed by atoms with Crippen LogP contribution in [0.15, 0.2) is 53.9 Å². The number of anilines is 1. The van der Waals surface area contributed by atoms with Crippen molar-refractivity contribution in [1.82, 2.24) is 9.88 Å². The number of aromatic nitrogens is 1. The van der Waals surface area contributed by atoms with E-state index in [1.807, 2.05) is 36.6 Å². The molecule has 1 N–H and O–H groups in total. The summed E-state index contributed by atoms with van der Waals surface area (Å²) in [6, 6.07) is 15.9. The van der Waals surface area contributed by atoms with E-state index in [9.17, 15) is 4.79 Å². The van der Waals surface area contributed by atoms with E-state index in [1.165, 1.54) is 5.56 Å². The fourth-order valence-electron chi connectivity index (χ4n) is 3.46. The van der Waals surface area contributed by atoms with Gasteiger partial charge < -0.3 is 14.8 Å². The molecule has 7 heteroatoms. The molecule has 0 aliphatic carbocycles. The molecule has 0 saturated carbocycles. The van der Waals surface area contributed by atoms with Crippen LogP contribution in [-0.4, -0.2) is 48.7 Å². The van der Waals surface area contributed by atoms with Crippen molar-refractivity contribution >= 4 is 22.9 Å². The molecule has 31 heavy (non-hydrogen) atoms. The Bertz CT molecular complexity index is 980. The molecule has 162 valence electrons. The smallest absolute Gasteiger partial charge is 0.230 e. The van der Waals surface area contributed by atoms with E-state index < -0.39 is 0 Å². The molecule has 0 spiro atoms. The van der Waals surface area contributed by atoms with Gasteiger partial charge in [-0.3, -0.25) is 9.69 Å². The van der Waals surface area contributed by atoms with E-state index in [0.717, 1.165) is 60.5 Å². The Balaban J connectivity index is 1.31. The fourth-order valence-corrected chi connectivity index (χ4v) is 4.29. The van der Waals surface area contributed by atoms with Gasteiger partial charge in [0.1, 0.15) is 10.8 Å². The monoisotopic (exact) mass is 437 g/mol. The predicted octanol–water partition coefficient (Wildman–Crippen LogP) is 4.22. The Labute approximate surface area is 186 Å². The number of benzene rings is 2. The van der Waals surface area contributed by atoms with Crippen molar-refractivity contribution in [2.24, 2.45) is 0 Å². The van der Waals surface area contributed by atoms with Crippen LogP contribution in [0.5, 0.6) is 5.75 Å². The Morgan fingerprint density at radius 1 is 1.13 bits per heavy atom. The summed E-state index contributed by atoms with van der Waals surface area (Å²) in [6.45, 7) is 7.09. The molecule has 1 saturated heterocycles. The van der Waals surface area contributed by atoms with Gasteiger partial charge in [-0.25, -0.2) is 4.98 Å². The quantitative estimate of drug-likeness (QED) is 0.572. The molecule has 0 radical (unpaired) electrons. The summed E-state index contributed by atoms with van der Waals surface area (Å²) in [5.74, 6) is 0.711. The van der Waals surface area contributed by atoms with Crippen molar-refractivity contribution in [2.75, 3.05) is 38.2 Å². The molecule has 0 bridgehead atoms. The molecule has 3 aromatic rings. The van der Waals surface area contributed by atoms with Gasteiger partial charge in [0.05, 0.1) is 31.9 Å². The Kier molecular flexibility index (Phi) is 7.30. The maximum atomic E-state index is 12.4. The zero-order valence-corrected chi connectivity index (χ0v) is 18.5. The van der Waals surface area contributed by atoms with Gasteiger partial charge in [-0.2, -0.15) is 0 Å². The lowest BCUT2D eigenvalue weighted by atomic mass is 10.1. The van der Waals surface area contributed by atoms with E-state index in [1.54, 1.807) is 11.3 Å². The Morgan fingerprint density at radius 3 is 2.58 bits per heavy atom. The molecule has 1 aliphatic rings. The third kappa shape index (κ3) is 6.13. The number of carbonyl (C=O) groups excluding carboxylic acids is 1. The zero-order valence-electron chi connectivity index (χ0n) is 17.7. The van der Waals surface area contributed by atoms with Crippen molar-refractivity contribution in [1.29, 1.82) is 0 Å². The first-order valence-corrected chi connectivity index (χ1v) is 11.4. The molecule has 6 nitrogen and oxygen atoms in total. The second kappa shape index (κ2) is 10.5. The van der Waals surface area contributed by atoms with Crippen molar-refractivity contribution in [3.05, 3.63) is 65.2 Å². The van der Waals surface area contributed by atoms with Crippen LogP contribution in [-0.2, 0) is 22.5 Å². The van der Waals surface area contributed by atoms with Crippen LogP contribution < -0.4 is 10.1 Å². The number of amides is 1. The fraction of sp³-hybridized carbons (Fsp3) is 0.333. The molecular weight excluding hydrogens is 410 g/mol. The van der Waals surface area contributed by atoms with Gasteiger partial charge in [-0.05, 0) is 36.8 Å². The normalized spacial score (nSPS) is 14.4. The molecule has 2 heterocycles. The minimum absolute atomic E-state index is 0.0816. The third-order valence-electron chi connectivity index (χ3n) is 5.05. The summed E-state index contributed by atoms with van der Waals surface area (Å²) >= 11 is 1.57. The Hall–Kier alpha value is -2.74. The summed E-state index contributed by atoms with van der Waals surface area (Å²) in [4.78, 5) is 19.4. The number of thiazole rings is 1. The molecule has 0 atom stereocenters. The van der Waals surface area contributed by atoms with Crippen LogP contribution in [0.4, 0.5) is 5.69 Å². The van der Waals surface area contributed by atoms with Gasteiger partial charge in [-0.15, -0.1) is 11.3 Å². The van der Waals surface area contributed by atoms with E-state index >= 15 is 0 Å². The summed E-state index contributed by atoms with van der Waals surface area (Å²) in [5.41, 5.74) is 3.90. The highest BCUT2D eigenvalue weighted by Crippen LogP contribution is 2.25. The SMILES string of the molecule is CCOc1ccc(NC(=O)Cc2csc(-c3ccc(CN4CCOCC4)cc3)n2)cc1. The van der Waals surface area contributed by atoms with Gasteiger partial charge in [0.25, 0.3) is 0 Å². The van der Waals surface area contributed by atoms with Gasteiger partial charge in [0.2, 0.25) is 5.91 Å². The highest BCUT2D eigenvalue weighted by atomic mass is 32.1. The van der Waals surface area contributed by atoms with Crippen molar-refractivity contribution in [3.63, 3.8) is 0 Å². The summed E-state index contributed by atoms with van der Waals surface area (Å²) in [7, 11) is 0. The zero-order chi connectivity index (χ0) is 21.5. The first-order valence-electron chi connectivity index (χ1n) is 10.6. The molecule has 1 amide bonds. The predicted molar refractivity (Wildman–Crippen MR) is 124 cm³/mol. The molecule has 2 aromatic carbocycles. The van der Waals surface area contributed by atoms with Gasteiger partial charge in [-0.1, -0.05) is 24.3 Å². The van der Waals surface area contributed by atoms with Gasteiger partial charge >= 0.3 is 0 Å². The van der Waals surface area contributed by atoms with Crippen LogP contribution in [0, 0.1) is 0 Å². The molecule has 0 unspecified atom stereocenters. The first-order chi connectivity index (χ1) is 15.2. The van der Waals surface area contributed by atoms with Crippen molar-refractivity contribution in [3.8, 4) is 16.3 Å². The summed E-state index contributed by atoms with van der Waals surface area (Å²) < 4.78 is 10.8. The second-order valence-electron chi connectivity index (χ2n) is 7.41. The molecule has 1 aliphatic heterocycles. The average molecular weight is 438 g/mol. The van der Waals surface area contributed by atoms with Crippen LogP contribution in [0.25, 0.3) is 10.6 Å². The number of ether oxygens (including phenoxy) is 2. The summed E-state index contributed by atoms with van der Waals surface area (Å²) in [6.07, 6.45) is 0.249. The Morgan fingerprint density at radius 2 is 1.87 bits per heavy atom.